The molecule has 0 atom stereocenters. The van der Waals surface area contributed by atoms with Gasteiger partial charge < -0.3 is 9.47 Å². The second kappa shape index (κ2) is 10.8. The van der Waals surface area contributed by atoms with E-state index in [2.05, 4.69) is 43.5 Å². The molecule has 0 heterocycles. The zero-order chi connectivity index (χ0) is 22.2. The number of rotatable bonds is 8. The molecule has 0 saturated heterocycles. The van der Waals surface area contributed by atoms with E-state index in [1.807, 2.05) is 6.08 Å². The number of carbonyl (C=O) groups excluding carboxylic acids is 2. The number of ether oxygens (including phenoxy) is 2. The van der Waals surface area contributed by atoms with Crippen molar-refractivity contribution in [2.45, 2.75) is 51.9 Å². The first-order chi connectivity index (χ1) is 15.0. The van der Waals surface area contributed by atoms with Gasteiger partial charge in [0.25, 0.3) is 0 Å². The quantitative estimate of drug-likeness (QED) is 0.352. The van der Waals surface area contributed by atoms with Gasteiger partial charge >= 0.3 is 11.9 Å². The summed E-state index contributed by atoms with van der Waals surface area (Å²) in [6.45, 7) is 9.09. The lowest BCUT2D eigenvalue weighted by atomic mass is 9.84. The van der Waals surface area contributed by atoms with Gasteiger partial charge in [-0.25, -0.2) is 9.59 Å². The van der Waals surface area contributed by atoms with Crippen LogP contribution in [0.4, 0.5) is 0 Å². The normalized spacial score (nSPS) is 18.4. The Bertz CT molecular complexity index is 963. The maximum atomic E-state index is 11.7. The molecule has 0 saturated carbocycles. The largest absolute Gasteiger partial charge is 0.462 e. The summed E-state index contributed by atoms with van der Waals surface area (Å²) in [6, 6.07) is 0. The van der Waals surface area contributed by atoms with Gasteiger partial charge in [-0.05, 0) is 67.4 Å². The van der Waals surface area contributed by atoms with Gasteiger partial charge in [0.2, 0.25) is 0 Å². The fraction of sp³-hybridized carbons (Fsp3) is 0.333. The highest BCUT2D eigenvalue weighted by Gasteiger charge is 2.18. The molecule has 3 aliphatic rings. The summed E-state index contributed by atoms with van der Waals surface area (Å²) >= 11 is 0. The molecule has 4 nitrogen and oxygen atoms in total. The first kappa shape index (κ1) is 22.5. The van der Waals surface area contributed by atoms with Crippen LogP contribution >= 0.6 is 0 Å². The molecule has 0 unspecified atom stereocenters. The molecule has 0 N–H and O–H groups in total. The standard InChI is InChI=1S/C27H30O4/c1-4-26(28)30-18-17-20-5-7-21(8-6-20)22-9-11-23(12-10-22)24-13-15-25(16-14-24)31-27(29)19(2)3/h4-5,7,9,11,13,15H,1-2,6,8,10,12,14,16-18H2,3H3. The van der Waals surface area contributed by atoms with Crippen LogP contribution in [-0.2, 0) is 19.1 Å². The molecule has 162 valence electrons. The Morgan fingerprint density at radius 2 is 1.42 bits per heavy atom. The van der Waals surface area contributed by atoms with E-state index in [0.717, 1.165) is 44.9 Å². The van der Waals surface area contributed by atoms with Crippen LogP contribution in [0.5, 0.6) is 0 Å². The third kappa shape index (κ3) is 6.42. The number of hydrogen-bond acceptors (Lipinski definition) is 4. The molecule has 0 aliphatic heterocycles. The predicted molar refractivity (Wildman–Crippen MR) is 123 cm³/mol. The van der Waals surface area contributed by atoms with E-state index in [0.29, 0.717) is 17.9 Å². The molecule has 0 radical (unpaired) electrons. The summed E-state index contributed by atoms with van der Waals surface area (Å²) in [7, 11) is 0. The third-order valence-electron chi connectivity index (χ3n) is 5.73. The Labute approximate surface area is 184 Å². The first-order valence-electron chi connectivity index (χ1n) is 10.8. The van der Waals surface area contributed by atoms with Crippen LogP contribution in [0, 0.1) is 0 Å². The van der Waals surface area contributed by atoms with Crippen molar-refractivity contribution >= 4 is 11.9 Å². The van der Waals surface area contributed by atoms with Crippen molar-refractivity contribution in [1.29, 1.82) is 0 Å². The van der Waals surface area contributed by atoms with E-state index in [1.165, 1.54) is 33.9 Å². The lowest BCUT2D eigenvalue weighted by Crippen LogP contribution is -2.08. The highest BCUT2D eigenvalue weighted by molar-refractivity contribution is 5.87. The Morgan fingerprint density at radius 3 is 1.87 bits per heavy atom. The maximum absolute atomic E-state index is 11.7. The lowest BCUT2D eigenvalue weighted by molar-refractivity contribution is -0.137. The van der Waals surface area contributed by atoms with E-state index >= 15 is 0 Å². The van der Waals surface area contributed by atoms with Gasteiger partial charge in [-0.15, -0.1) is 0 Å². The Kier molecular flexibility index (Phi) is 7.82. The van der Waals surface area contributed by atoms with Crippen LogP contribution in [0.1, 0.15) is 51.9 Å². The van der Waals surface area contributed by atoms with E-state index in [-0.39, 0.29) is 11.9 Å². The van der Waals surface area contributed by atoms with Crippen molar-refractivity contribution in [3.8, 4) is 0 Å². The number of hydrogen-bond donors (Lipinski definition) is 0. The summed E-state index contributed by atoms with van der Waals surface area (Å²) in [4.78, 5) is 22.8. The first-order valence-corrected chi connectivity index (χ1v) is 10.8. The zero-order valence-electron chi connectivity index (χ0n) is 18.2. The minimum absolute atomic E-state index is 0.358. The SMILES string of the molecule is C=CC(=O)OCCC1=CC=C(C2=CC=C(C3=CC=C(OC(=O)C(=C)C)CC3)CC2)CC1. The van der Waals surface area contributed by atoms with Gasteiger partial charge in [0.15, 0.2) is 0 Å². The van der Waals surface area contributed by atoms with Crippen molar-refractivity contribution < 1.29 is 19.1 Å². The molecule has 31 heavy (non-hydrogen) atoms. The smallest absolute Gasteiger partial charge is 0.338 e. The van der Waals surface area contributed by atoms with Gasteiger partial charge in [-0.1, -0.05) is 49.1 Å². The Hall–Kier alpha value is -3.14. The Balaban J connectivity index is 1.57. The van der Waals surface area contributed by atoms with Crippen LogP contribution in [0.3, 0.4) is 0 Å². The van der Waals surface area contributed by atoms with Crippen molar-refractivity contribution in [3.05, 3.63) is 94.9 Å². The maximum Gasteiger partial charge on any atom is 0.338 e. The summed E-state index contributed by atoms with van der Waals surface area (Å²) in [5, 5.41) is 0. The van der Waals surface area contributed by atoms with Crippen molar-refractivity contribution in [1.82, 2.24) is 0 Å². The summed E-state index contributed by atoms with van der Waals surface area (Å²) in [6.07, 6.45) is 20.5. The van der Waals surface area contributed by atoms with Gasteiger partial charge in [0.1, 0.15) is 5.76 Å². The van der Waals surface area contributed by atoms with E-state index < -0.39 is 0 Å². The molecule has 0 aromatic heterocycles. The molecule has 3 rings (SSSR count). The summed E-state index contributed by atoms with van der Waals surface area (Å²) < 4.78 is 10.4. The topological polar surface area (TPSA) is 52.6 Å². The molecule has 0 amide bonds. The third-order valence-corrected chi connectivity index (χ3v) is 5.73. The van der Waals surface area contributed by atoms with E-state index in [4.69, 9.17) is 9.47 Å². The predicted octanol–water partition coefficient (Wildman–Crippen LogP) is 6.12. The highest BCUT2D eigenvalue weighted by atomic mass is 16.5. The van der Waals surface area contributed by atoms with Crippen LogP contribution in [0.2, 0.25) is 0 Å². The fourth-order valence-electron chi connectivity index (χ4n) is 3.85. The molecule has 0 aromatic carbocycles. The number of carbonyl (C=O) groups is 2. The van der Waals surface area contributed by atoms with E-state index in [1.54, 1.807) is 6.92 Å². The van der Waals surface area contributed by atoms with Crippen molar-refractivity contribution in [2.75, 3.05) is 6.61 Å². The molecule has 0 bridgehead atoms. The van der Waals surface area contributed by atoms with Crippen LogP contribution in [-0.4, -0.2) is 18.5 Å². The number of esters is 2. The average Bonchev–Trinajstić information content (AvgIpc) is 2.80. The van der Waals surface area contributed by atoms with Crippen LogP contribution in [0.25, 0.3) is 0 Å². The van der Waals surface area contributed by atoms with Gasteiger partial charge in [-0.3, -0.25) is 0 Å². The second-order valence-corrected chi connectivity index (χ2v) is 8.02. The fourth-order valence-corrected chi connectivity index (χ4v) is 3.85. The minimum atomic E-state index is -0.365. The lowest BCUT2D eigenvalue weighted by Gasteiger charge is -2.22. The number of allylic oxidation sites excluding steroid dienone is 11. The summed E-state index contributed by atoms with van der Waals surface area (Å²) in [5.41, 5.74) is 7.21. The monoisotopic (exact) mass is 418 g/mol. The molecule has 0 spiro atoms. The van der Waals surface area contributed by atoms with Crippen LogP contribution in [0.15, 0.2) is 94.9 Å². The van der Waals surface area contributed by atoms with Crippen molar-refractivity contribution in [2.24, 2.45) is 0 Å². The molecular formula is C27H30O4. The van der Waals surface area contributed by atoms with Gasteiger partial charge in [0, 0.05) is 24.5 Å². The van der Waals surface area contributed by atoms with Gasteiger partial charge in [-0.2, -0.15) is 0 Å². The van der Waals surface area contributed by atoms with Gasteiger partial charge in [0.05, 0.1) is 6.61 Å². The molecule has 0 fully saturated rings. The molecular weight excluding hydrogens is 388 g/mol. The molecule has 0 aromatic rings. The van der Waals surface area contributed by atoms with Crippen LogP contribution < -0.4 is 0 Å². The zero-order valence-corrected chi connectivity index (χ0v) is 18.2. The van der Waals surface area contributed by atoms with E-state index in [9.17, 15) is 9.59 Å². The molecule has 3 aliphatic carbocycles. The second-order valence-electron chi connectivity index (χ2n) is 8.02. The average molecular weight is 419 g/mol. The summed E-state index contributed by atoms with van der Waals surface area (Å²) in [5.74, 6) is -0.0165. The molecule has 4 heteroatoms. The van der Waals surface area contributed by atoms with Crippen molar-refractivity contribution in [3.63, 3.8) is 0 Å². The minimum Gasteiger partial charge on any atom is -0.462 e. The Morgan fingerprint density at radius 1 is 0.871 bits per heavy atom. The highest BCUT2D eigenvalue weighted by Crippen LogP contribution is 2.35.